The van der Waals surface area contributed by atoms with Crippen molar-refractivity contribution in [3.63, 3.8) is 0 Å². The van der Waals surface area contributed by atoms with Crippen molar-refractivity contribution in [2.24, 2.45) is 5.92 Å². The number of aromatic nitrogens is 1. The number of rotatable bonds is 9. The minimum Gasteiger partial charge on any atom is -0.345 e. The van der Waals surface area contributed by atoms with Gasteiger partial charge in [0.1, 0.15) is 0 Å². The lowest BCUT2D eigenvalue weighted by Crippen LogP contribution is -2.41. The van der Waals surface area contributed by atoms with E-state index in [2.05, 4.69) is 85.0 Å². The van der Waals surface area contributed by atoms with Crippen LogP contribution in [0.2, 0.25) is 0 Å². The van der Waals surface area contributed by atoms with Gasteiger partial charge in [-0.2, -0.15) is 0 Å². The van der Waals surface area contributed by atoms with Gasteiger partial charge in [-0.1, -0.05) is 74.5 Å². The normalized spacial score (nSPS) is 12.1. The average molecular weight is 389 g/mol. The molecule has 3 aromatic rings. The smallest absolute Gasteiger partial charge is 0.223 e. The Morgan fingerprint density at radius 3 is 2.10 bits per heavy atom. The van der Waals surface area contributed by atoms with E-state index in [1.807, 2.05) is 24.3 Å². The second-order valence-electron chi connectivity index (χ2n) is 8.10. The van der Waals surface area contributed by atoms with Crippen molar-refractivity contribution in [2.75, 3.05) is 0 Å². The van der Waals surface area contributed by atoms with E-state index in [4.69, 9.17) is 0 Å². The fourth-order valence-electron chi connectivity index (χ4n) is 3.56. The van der Waals surface area contributed by atoms with Crippen LogP contribution in [0.1, 0.15) is 44.0 Å². The van der Waals surface area contributed by atoms with E-state index in [-0.39, 0.29) is 11.9 Å². The summed E-state index contributed by atoms with van der Waals surface area (Å²) in [6.45, 7) is 8.00. The van der Waals surface area contributed by atoms with Gasteiger partial charge in [0.05, 0.1) is 6.54 Å². The molecule has 3 heteroatoms. The highest BCUT2D eigenvalue weighted by molar-refractivity contribution is 5.76. The summed E-state index contributed by atoms with van der Waals surface area (Å²) in [7, 11) is 0. The van der Waals surface area contributed by atoms with Crippen molar-refractivity contribution in [3.8, 4) is 0 Å². The molecule has 2 aromatic carbocycles. The molecule has 3 rings (SSSR count). The van der Waals surface area contributed by atoms with Crippen LogP contribution in [-0.2, 0) is 24.3 Å². The molecule has 29 heavy (non-hydrogen) atoms. The van der Waals surface area contributed by atoms with E-state index in [9.17, 15) is 4.79 Å². The Kier molecular flexibility index (Phi) is 7.29. The minimum absolute atomic E-state index is 0.193. The Balaban J connectivity index is 1.72. The lowest BCUT2D eigenvalue weighted by molar-refractivity contribution is -0.134. The van der Waals surface area contributed by atoms with E-state index in [0.717, 1.165) is 13.0 Å². The number of hydrogen-bond acceptors (Lipinski definition) is 1. The summed E-state index contributed by atoms with van der Waals surface area (Å²) >= 11 is 0. The highest BCUT2D eigenvalue weighted by Gasteiger charge is 2.23. The standard InChI is InChI=1S/C26H32N2O/c1-21(2)22(3)28(26(29)17-16-23-11-6-4-7-12-23)20-25-15-10-18-27(25)19-24-13-8-5-9-14-24/h4-15,18,21-22H,16-17,19-20H2,1-3H3/t22-/m1/s1. The van der Waals surface area contributed by atoms with Crippen molar-refractivity contribution >= 4 is 5.91 Å². The first kappa shape index (κ1) is 20.9. The van der Waals surface area contributed by atoms with E-state index < -0.39 is 0 Å². The molecule has 152 valence electrons. The maximum Gasteiger partial charge on any atom is 0.223 e. The second kappa shape index (κ2) is 10.1. The first-order chi connectivity index (χ1) is 14.0. The summed E-state index contributed by atoms with van der Waals surface area (Å²) in [4.78, 5) is 15.2. The quantitative estimate of drug-likeness (QED) is 0.472. The Hall–Kier alpha value is -2.81. The maximum absolute atomic E-state index is 13.2. The number of hydrogen-bond donors (Lipinski definition) is 0. The predicted octanol–water partition coefficient (Wildman–Crippen LogP) is 5.54. The third-order valence-corrected chi connectivity index (χ3v) is 5.70. The fourth-order valence-corrected chi connectivity index (χ4v) is 3.56. The van der Waals surface area contributed by atoms with Crippen LogP contribution in [0.3, 0.4) is 0 Å². The summed E-state index contributed by atoms with van der Waals surface area (Å²) in [6, 6.07) is 25.1. The SMILES string of the molecule is CC(C)[C@@H](C)N(Cc1cccn1Cc1ccccc1)C(=O)CCc1ccccc1. The molecule has 0 radical (unpaired) electrons. The molecule has 0 N–H and O–H groups in total. The van der Waals surface area contributed by atoms with Gasteiger partial charge < -0.3 is 9.47 Å². The molecule has 1 heterocycles. The zero-order chi connectivity index (χ0) is 20.6. The third-order valence-electron chi connectivity index (χ3n) is 5.70. The van der Waals surface area contributed by atoms with Crippen LogP contribution in [0.4, 0.5) is 0 Å². The molecule has 0 fully saturated rings. The number of nitrogens with zero attached hydrogens (tertiary/aromatic N) is 2. The van der Waals surface area contributed by atoms with Crippen molar-refractivity contribution in [3.05, 3.63) is 95.8 Å². The summed E-state index contributed by atoms with van der Waals surface area (Å²) in [5.41, 5.74) is 3.66. The molecule has 1 amide bonds. The van der Waals surface area contributed by atoms with Gasteiger partial charge in [-0.3, -0.25) is 4.79 Å². The van der Waals surface area contributed by atoms with Gasteiger partial charge in [0, 0.05) is 30.9 Å². The molecule has 0 bridgehead atoms. The summed E-state index contributed by atoms with van der Waals surface area (Å²) < 4.78 is 2.25. The van der Waals surface area contributed by atoms with Crippen molar-refractivity contribution in [1.29, 1.82) is 0 Å². The van der Waals surface area contributed by atoms with Gasteiger partial charge in [-0.05, 0) is 42.5 Å². The maximum atomic E-state index is 13.2. The summed E-state index contributed by atoms with van der Waals surface area (Å²) in [6.07, 6.45) is 3.43. The second-order valence-corrected chi connectivity index (χ2v) is 8.10. The van der Waals surface area contributed by atoms with Crippen molar-refractivity contribution in [1.82, 2.24) is 9.47 Å². The number of benzene rings is 2. The van der Waals surface area contributed by atoms with E-state index in [1.54, 1.807) is 0 Å². The Morgan fingerprint density at radius 1 is 0.862 bits per heavy atom. The number of aryl methyl sites for hydroxylation is 1. The van der Waals surface area contributed by atoms with Crippen molar-refractivity contribution < 1.29 is 4.79 Å². The molecule has 0 saturated carbocycles. The van der Waals surface area contributed by atoms with Gasteiger partial charge in [-0.25, -0.2) is 0 Å². The number of amides is 1. The van der Waals surface area contributed by atoms with Crippen LogP contribution < -0.4 is 0 Å². The molecule has 1 aromatic heterocycles. The Bertz CT molecular complexity index is 883. The van der Waals surface area contributed by atoms with Crippen LogP contribution in [0.5, 0.6) is 0 Å². The molecular formula is C26H32N2O. The van der Waals surface area contributed by atoms with Gasteiger partial charge in [0.2, 0.25) is 5.91 Å². The first-order valence-electron chi connectivity index (χ1n) is 10.6. The average Bonchev–Trinajstić information content (AvgIpc) is 3.17. The van der Waals surface area contributed by atoms with Gasteiger partial charge in [0.15, 0.2) is 0 Å². The zero-order valence-corrected chi connectivity index (χ0v) is 17.8. The van der Waals surface area contributed by atoms with Crippen LogP contribution in [0.15, 0.2) is 79.0 Å². The third kappa shape index (κ3) is 5.83. The van der Waals surface area contributed by atoms with Crippen LogP contribution in [0.25, 0.3) is 0 Å². The van der Waals surface area contributed by atoms with Crippen LogP contribution in [0, 0.1) is 5.92 Å². The van der Waals surface area contributed by atoms with Crippen LogP contribution >= 0.6 is 0 Å². The van der Waals surface area contributed by atoms with E-state index >= 15 is 0 Å². The van der Waals surface area contributed by atoms with E-state index in [1.165, 1.54) is 16.8 Å². The topological polar surface area (TPSA) is 25.2 Å². The highest BCUT2D eigenvalue weighted by atomic mass is 16.2. The molecule has 0 spiro atoms. The van der Waals surface area contributed by atoms with Crippen LogP contribution in [-0.4, -0.2) is 21.4 Å². The molecule has 0 aliphatic heterocycles. The molecular weight excluding hydrogens is 356 g/mol. The van der Waals surface area contributed by atoms with E-state index in [0.29, 0.717) is 18.9 Å². The predicted molar refractivity (Wildman–Crippen MR) is 120 cm³/mol. The van der Waals surface area contributed by atoms with Gasteiger partial charge in [0.25, 0.3) is 0 Å². The molecule has 0 unspecified atom stereocenters. The number of carbonyl (C=O) groups excluding carboxylic acids is 1. The number of carbonyl (C=O) groups is 1. The fraction of sp³-hybridized carbons (Fsp3) is 0.346. The summed E-state index contributed by atoms with van der Waals surface area (Å²) in [5, 5.41) is 0. The van der Waals surface area contributed by atoms with Crippen molar-refractivity contribution in [2.45, 2.75) is 52.7 Å². The zero-order valence-electron chi connectivity index (χ0n) is 17.8. The van der Waals surface area contributed by atoms with Gasteiger partial charge >= 0.3 is 0 Å². The first-order valence-corrected chi connectivity index (χ1v) is 10.6. The highest BCUT2D eigenvalue weighted by Crippen LogP contribution is 2.18. The lowest BCUT2D eigenvalue weighted by atomic mass is 10.0. The lowest BCUT2D eigenvalue weighted by Gasteiger charge is -2.32. The molecule has 0 aliphatic rings. The molecule has 3 nitrogen and oxygen atoms in total. The minimum atomic E-state index is 0.193. The summed E-state index contributed by atoms with van der Waals surface area (Å²) in [5.74, 6) is 0.635. The molecule has 1 atom stereocenters. The largest absolute Gasteiger partial charge is 0.345 e. The monoisotopic (exact) mass is 388 g/mol. The molecule has 0 saturated heterocycles. The molecule has 0 aliphatic carbocycles. The Morgan fingerprint density at radius 2 is 1.48 bits per heavy atom. The Labute approximate surface area is 175 Å². The van der Waals surface area contributed by atoms with Gasteiger partial charge in [-0.15, -0.1) is 0 Å².